The van der Waals surface area contributed by atoms with Crippen molar-refractivity contribution in [1.82, 2.24) is 10.2 Å². The van der Waals surface area contributed by atoms with Crippen LogP contribution in [0.15, 0.2) is 28.0 Å². The summed E-state index contributed by atoms with van der Waals surface area (Å²) in [6, 6.07) is 4.92. The van der Waals surface area contributed by atoms with Crippen LogP contribution in [0.25, 0.3) is 0 Å². The van der Waals surface area contributed by atoms with E-state index in [1.807, 2.05) is 0 Å². The second-order valence-corrected chi connectivity index (χ2v) is 6.84. The van der Waals surface area contributed by atoms with Crippen LogP contribution in [0.4, 0.5) is 5.69 Å². The average molecular weight is 334 g/mol. The lowest BCUT2D eigenvalue weighted by Gasteiger charge is -2.11. The lowest BCUT2D eigenvalue weighted by Crippen LogP contribution is -2.22. The summed E-state index contributed by atoms with van der Waals surface area (Å²) in [6.45, 7) is 1.79. The first-order valence-corrected chi connectivity index (χ1v) is 7.76. The molecule has 0 unspecified atom stereocenters. The second kappa shape index (κ2) is 6.56. The van der Waals surface area contributed by atoms with Crippen LogP contribution in [-0.4, -0.2) is 21.4 Å². The van der Waals surface area contributed by atoms with Crippen molar-refractivity contribution in [2.24, 2.45) is 0 Å². The number of aromatic nitrogens is 2. The Balaban J connectivity index is 2.02. The van der Waals surface area contributed by atoms with Crippen LogP contribution in [0.1, 0.15) is 6.92 Å². The molecule has 0 radical (unpaired) electrons. The summed E-state index contributed by atoms with van der Waals surface area (Å²) in [7, 11) is 0. The standard InChI is InChI=1S/C11H9Cl2N3OS2/c1-6(19-11-16-14-5-18-11)10(17)15-9-4-7(12)2-3-8(9)13/h2-6H,1H3,(H,15,17)/t6-/m1/s1. The lowest BCUT2D eigenvalue weighted by molar-refractivity contribution is -0.115. The zero-order valence-electron chi connectivity index (χ0n) is 9.76. The molecule has 100 valence electrons. The number of halogens is 2. The average Bonchev–Trinajstić information content (AvgIpc) is 2.86. The molecule has 0 aliphatic carbocycles. The molecule has 0 saturated heterocycles. The van der Waals surface area contributed by atoms with Gasteiger partial charge in [0, 0.05) is 5.02 Å². The molecule has 8 heteroatoms. The van der Waals surface area contributed by atoms with E-state index in [-0.39, 0.29) is 11.2 Å². The van der Waals surface area contributed by atoms with Gasteiger partial charge in [-0.25, -0.2) is 0 Å². The van der Waals surface area contributed by atoms with Crippen molar-refractivity contribution in [3.8, 4) is 0 Å². The molecule has 0 spiro atoms. The number of benzene rings is 1. The van der Waals surface area contributed by atoms with Crippen molar-refractivity contribution in [3.05, 3.63) is 33.8 Å². The third kappa shape index (κ3) is 4.07. The summed E-state index contributed by atoms with van der Waals surface area (Å²) >= 11 is 14.6. The third-order valence-corrected chi connectivity index (χ3v) is 4.65. The van der Waals surface area contributed by atoms with E-state index in [2.05, 4.69) is 15.5 Å². The number of amides is 1. The largest absolute Gasteiger partial charge is 0.324 e. The highest BCUT2D eigenvalue weighted by Gasteiger charge is 2.17. The molecule has 0 saturated carbocycles. The molecular formula is C11H9Cl2N3OS2. The first kappa shape index (κ1) is 14.6. The lowest BCUT2D eigenvalue weighted by atomic mass is 10.3. The minimum atomic E-state index is -0.303. The summed E-state index contributed by atoms with van der Waals surface area (Å²) in [4.78, 5) is 12.0. The Hall–Kier alpha value is -0.820. The van der Waals surface area contributed by atoms with Crippen LogP contribution in [-0.2, 0) is 4.79 Å². The molecule has 0 aliphatic rings. The van der Waals surface area contributed by atoms with Gasteiger partial charge in [-0.3, -0.25) is 4.79 Å². The van der Waals surface area contributed by atoms with Gasteiger partial charge in [-0.1, -0.05) is 46.3 Å². The van der Waals surface area contributed by atoms with E-state index in [4.69, 9.17) is 23.2 Å². The van der Waals surface area contributed by atoms with Crippen LogP contribution in [0.5, 0.6) is 0 Å². The number of carbonyl (C=O) groups excluding carboxylic acids is 1. The number of rotatable bonds is 4. The molecule has 1 heterocycles. The maximum atomic E-state index is 12.0. The van der Waals surface area contributed by atoms with Crippen molar-refractivity contribution in [2.45, 2.75) is 16.5 Å². The van der Waals surface area contributed by atoms with Crippen molar-refractivity contribution in [1.29, 1.82) is 0 Å². The highest BCUT2D eigenvalue weighted by atomic mass is 35.5. The number of anilines is 1. The first-order valence-electron chi connectivity index (χ1n) is 5.25. The van der Waals surface area contributed by atoms with E-state index in [0.717, 1.165) is 4.34 Å². The van der Waals surface area contributed by atoms with Gasteiger partial charge in [0.1, 0.15) is 5.51 Å². The fraction of sp³-hybridized carbons (Fsp3) is 0.182. The Bertz CT molecular complexity index is 577. The van der Waals surface area contributed by atoms with E-state index >= 15 is 0 Å². The summed E-state index contributed by atoms with van der Waals surface area (Å²) < 4.78 is 0.750. The van der Waals surface area contributed by atoms with Gasteiger partial charge in [0.05, 0.1) is 16.0 Å². The predicted molar refractivity (Wildman–Crippen MR) is 80.3 cm³/mol. The van der Waals surface area contributed by atoms with Crippen LogP contribution in [0.3, 0.4) is 0 Å². The predicted octanol–water partition coefficient (Wildman–Crippen LogP) is 3.96. The molecule has 0 fully saturated rings. The topological polar surface area (TPSA) is 54.9 Å². The fourth-order valence-corrected chi connectivity index (χ4v) is 3.21. The van der Waals surface area contributed by atoms with Crippen molar-refractivity contribution in [2.75, 3.05) is 5.32 Å². The number of thioether (sulfide) groups is 1. The van der Waals surface area contributed by atoms with Gasteiger partial charge < -0.3 is 5.32 Å². The van der Waals surface area contributed by atoms with Crippen molar-refractivity contribution < 1.29 is 4.79 Å². The Morgan fingerprint density at radius 1 is 1.47 bits per heavy atom. The molecule has 1 atom stereocenters. The highest BCUT2D eigenvalue weighted by Crippen LogP contribution is 2.28. The van der Waals surface area contributed by atoms with Gasteiger partial charge in [0.2, 0.25) is 5.91 Å². The van der Waals surface area contributed by atoms with Gasteiger partial charge in [-0.15, -0.1) is 10.2 Å². The highest BCUT2D eigenvalue weighted by molar-refractivity contribution is 8.02. The first-order chi connectivity index (χ1) is 9.06. The number of nitrogens with one attached hydrogen (secondary N) is 1. The Labute approximate surface area is 128 Å². The Kier molecular flexibility index (Phi) is 5.04. The van der Waals surface area contributed by atoms with E-state index in [0.29, 0.717) is 15.7 Å². The van der Waals surface area contributed by atoms with Crippen LogP contribution < -0.4 is 5.32 Å². The number of carbonyl (C=O) groups is 1. The normalized spacial score (nSPS) is 12.2. The van der Waals surface area contributed by atoms with Crippen LogP contribution in [0, 0.1) is 0 Å². The Morgan fingerprint density at radius 2 is 2.26 bits per heavy atom. The quantitative estimate of drug-likeness (QED) is 0.860. The summed E-state index contributed by atoms with van der Waals surface area (Å²) in [5.74, 6) is -0.163. The second-order valence-electron chi connectivity index (χ2n) is 3.58. The molecular weight excluding hydrogens is 325 g/mol. The molecule has 1 aromatic heterocycles. The van der Waals surface area contributed by atoms with Crippen molar-refractivity contribution in [3.63, 3.8) is 0 Å². The SMILES string of the molecule is C[C@@H](Sc1nncs1)C(=O)Nc1cc(Cl)ccc1Cl. The van der Waals surface area contributed by atoms with Gasteiger partial charge in [-0.05, 0) is 25.1 Å². The number of nitrogens with zero attached hydrogens (tertiary/aromatic N) is 2. The van der Waals surface area contributed by atoms with Gasteiger partial charge in [0.15, 0.2) is 4.34 Å². The van der Waals surface area contributed by atoms with E-state index in [1.165, 1.54) is 23.1 Å². The molecule has 2 aromatic rings. The summed E-state index contributed by atoms with van der Waals surface area (Å²) in [6.07, 6.45) is 0. The van der Waals surface area contributed by atoms with Gasteiger partial charge in [-0.2, -0.15) is 0 Å². The van der Waals surface area contributed by atoms with E-state index in [9.17, 15) is 4.79 Å². The molecule has 0 aliphatic heterocycles. The molecule has 1 aromatic carbocycles. The smallest absolute Gasteiger partial charge is 0.237 e. The van der Waals surface area contributed by atoms with Crippen LogP contribution >= 0.6 is 46.3 Å². The molecule has 2 rings (SSSR count). The minimum absolute atomic E-state index is 0.163. The maximum absolute atomic E-state index is 12.0. The zero-order valence-corrected chi connectivity index (χ0v) is 12.9. The summed E-state index contributed by atoms with van der Waals surface area (Å²) in [5.41, 5.74) is 2.13. The number of hydrogen-bond acceptors (Lipinski definition) is 5. The zero-order chi connectivity index (χ0) is 13.8. The molecule has 19 heavy (non-hydrogen) atoms. The van der Waals surface area contributed by atoms with E-state index < -0.39 is 0 Å². The minimum Gasteiger partial charge on any atom is -0.324 e. The van der Waals surface area contributed by atoms with E-state index in [1.54, 1.807) is 30.6 Å². The number of hydrogen-bond donors (Lipinski definition) is 1. The monoisotopic (exact) mass is 333 g/mol. The summed E-state index contributed by atoms with van der Waals surface area (Å²) in [5, 5.41) is 11.0. The molecule has 1 N–H and O–H groups in total. The van der Waals surface area contributed by atoms with Crippen LogP contribution in [0.2, 0.25) is 10.0 Å². The van der Waals surface area contributed by atoms with Gasteiger partial charge in [0.25, 0.3) is 0 Å². The third-order valence-electron chi connectivity index (χ3n) is 2.17. The molecule has 4 nitrogen and oxygen atoms in total. The van der Waals surface area contributed by atoms with Crippen molar-refractivity contribution >= 4 is 57.9 Å². The molecule has 1 amide bonds. The Morgan fingerprint density at radius 3 is 2.95 bits per heavy atom. The van der Waals surface area contributed by atoms with Gasteiger partial charge >= 0.3 is 0 Å². The molecule has 0 bridgehead atoms. The fourth-order valence-electron chi connectivity index (χ4n) is 1.25. The maximum Gasteiger partial charge on any atom is 0.237 e.